The van der Waals surface area contributed by atoms with Gasteiger partial charge in [-0.15, -0.1) is 0 Å². The lowest BCUT2D eigenvalue weighted by atomic mass is 9.67. The normalized spacial score (nSPS) is 12.8. The molecule has 16 rings (SSSR count). The van der Waals surface area contributed by atoms with Crippen LogP contribution in [0.15, 0.2) is 283 Å². The molecule has 0 bridgehead atoms. The van der Waals surface area contributed by atoms with Crippen molar-refractivity contribution in [1.82, 2.24) is 4.40 Å². The quantitative estimate of drug-likeness (QED) is 0.151. The fraction of sp³-hybridized carbons (Fsp3) is 0.0137. The molecule has 3 heteroatoms. The van der Waals surface area contributed by atoms with E-state index in [4.69, 9.17) is 4.42 Å². The summed E-state index contributed by atoms with van der Waals surface area (Å²) in [5.74, 6) is 0. The van der Waals surface area contributed by atoms with E-state index in [1.54, 1.807) is 0 Å². The van der Waals surface area contributed by atoms with Crippen LogP contribution in [0, 0.1) is 0 Å². The van der Waals surface area contributed by atoms with Gasteiger partial charge in [0, 0.05) is 54.9 Å². The summed E-state index contributed by atoms with van der Waals surface area (Å²) in [6, 6.07) is 103. The average Bonchev–Trinajstić information content (AvgIpc) is 4.35. The van der Waals surface area contributed by atoms with E-state index in [0.29, 0.717) is 0 Å². The number of fused-ring (bicyclic) bond motifs is 12. The monoisotopic (exact) mass is 966 g/mol. The molecule has 0 radical (unpaired) electrons. The molecule has 0 unspecified atom stereocenters. The van der Waals surface area contributed by atoms with Crippen molar-refractivity contribution in [2.75, 3.05) is 4.90 Å². The van der Waals surface area contributed by atoms with E-state index in [1.165, 1.54) is 93.7 Å². The Morgan fingerprint density at radius 1 is 0.303 bits per heavy atom. The lowest BCUT2D eigenvalue weighted by Gasteiger charge is -2.35. The van der Waals surface area contributed by atoms with Crippen molar-refractivity contribution >= 4 is 77.1 Å². The maximum Gasteiger partial charge on any atom is 0.143 e. The molecular formula is C73H46N2O. The summed E-state index contributed by atoms with van der Waals surface area (Å²) in [5.41, 5.74) is 22.5. The molecule has 354 valence electrons. The van der Waals surface area contributed by atoms with Crippen LogP contribution in [0.4, 0.5) is 17.1 Å². The molecule has 0 N–H and O–H groups in total. The largest absolute Gasteiger partial charge is 0.455 e. The number of benzene rings is 12. The third-order valence-corrected chi connectivity index (χ3v) is 16.4. The minimum absolute atomic E-state index is 0.642. The Morgan fingerprint density at radius 2 is 0.803 bits per heavy atom. The van der Waals surface area contributed by atoms with E-state index >= 15 is 0 Å². The predicted octanol–water partition coefficient (Wildman–Crippen LogP) is 19.6. The molecular weight excluding hydrogens is 921 g/mol. The number of hydrogen-bond donors (Lipinski definition) is 0. The van der Waals surface area contributed by atoms with E-state index in [1.807, 2.05) is 6.07 Å². The molecule has 0 spiro atoms. The first-order valence-corrected chi connectivity index (χ1v) is 26.2. The smallest absolute Gasteiger partial charge is 0.143 e. The van der Waals surface area contributed by atoms with Gasteiger partial charge >= 0.3 is 0 Å². The second kappa shape index (κ2) is 16.5. The SMILES string of the molecule is c1ccc(-c2ccc(N(c3ccc(-c4cccc5c4oc4ccccc45)cc3)c3ccc4c(c3)C(c3ccccc3)(c3ccccc3)c3cc(-c5ccc6c(c5)c5cccc7c8ccccc8n6c75)ccc3-4)cc2)cc1. The zero-order valence-electron chi connectivity index (χ0n) is 41.4. The Bertz CT molecular complexity index is 4680. The summed E-state index contributed by atoms with van der Waals surface area (Å²) >= 11 is 0. The van der Waals surface area contributed by atoms with Gasteiger partial charge in [-0.05, 0) is 128 Å². The molecule has 3 nitrogen and oxygen atoms in total. The second-order valence-corrected chi connectivity index (χ2v) is 20.3. The number of anilines is 3. The standard InChI is InChI=1S/C73H46N2O/c1-4-16-47(17-5-1)48-30-36-54(37-31-48)74(55-38-32-49(33-39-55)57-24-14-27-64-61-23-11-13-29-70(61)76-72(57)64)56-40-42-59-58-41-34-51(45-66(58)73(67(59)46-56,52-18-6-2-7-19-52)53-20-8-3-9-21-53)50-35-43-69-65(44-50)63-26-15-25-62-60-22-10-12-28-68(60)75(69)71(62)63/h1-46H. The summed E-state index contributed by atoms with van der Waals surface area (Å²) in [4.78, 5) is 2.42. The summed E-state index contributed by atoms with van der Waals surface area (Å²) in [6.45, 7) is 0. The fourth-order valence-corrected chi connectivity index (χ4v) is 13.1. The molecule has 3 heterocycles. The first-order chi connectivity index (χ1) is 37.7. The van der Waals surface area contributed by atoms with E-state index in [2.05, 4.69) is 282 Å². The Labute approximate surface area is 439 Å². The van der Waals surface area contributed by atoms with E-state index in [0.717, 1.165) is 50.1 Å². The van der Waals surface area contributed by atoms with Crippen molar-refractivity contribution < 1.29 is 4.42 Å². The number of rotatable bonds is 8. The fourth-order valence-electron chi connectivity index (χ4n) is 13.1. The highest BCUT2D eigenvalue weighted by Gasteiger charge is 2.46. The van der Waals surface area contributed by atoms with Crippen LogP contribution in [0.5, 0.6) is 0 Å². The maximum atomic E-state index is 6.53. The van der Waals surface area contributed by atoms with E-state index < -0.39 is 5.41 Å². The van der Waals surface area contributed by atoms with E-state index in [9.17, 15) is 0 Å². The second-order valence-electron chi connectivity index (χ2n) is 20.3. The Balaban J connectivity index is 0.880. The van der Waals surface area contributed by atoms with Crippen LogP contribution in [-0.4, -0.2) is 4.40 Å². The van der Waals surface area contributed by atoms with Gasteiger partial charge in [0.05, 0.1) is 22.0 Å². The lowest BCUT2D eigenvalue weighted by Crippen LogP contribution is -2.28. The van der Waals surface area contributed by atoms with Gasteiger partial charge in [-0.1, -0.05) is 212 Å². The highest BCUT2D eigenvalue weighted by atomic mass is 16.3. The molecule has 1 aliphatic rings. The van der Waals surface area contributed by atoms with Crippen molar-refractivity contribution in [3.05, 3.63) is 301 Å². The van der Waals surface area contributed by atoms with Crippen LogP contribution in [0.1, 0.15) is 22.3 Å². The molecule has 0 atom stereocenters. The molecule has 3 aromatic heterocycles. The number of nitrogens with zero attached hydrogens (tertiary/aromatic N) is 2. The average molecular weight is 967 g/mol. The topological polar surface area (TPSA) is 20.8 Å². The highest BCUT2D eigenvalue weighted by molar-refractivity contribution is 6.23. The van der Waals surface area contributed by atoms with Crippen molar-refractivity contribution in [3.63, 3.8) is 0 Å². The van der Waals surface area contributed by atoms with Gasteiger partial charge in [-0.25, -0.2) is 0 Å². The van der Waals surface area contributed by atoms with Crippen LogP contribution >= 0.6 is 0 Å². The molecule has 12 aromatic carbocycles. The van der Waals surface area contributed by atoms with E-state index in [-0.39, 0.29) is 0 Å². The lowest BCUT2D eigenvalue weighted by molar-refractivity contribution is 0.670. The zero-order chi connectivity index (χ0) is 49.9. The van der Waals surface area contributed by atoms with Crippen molar-refractivity contribution in [2.45, 2.75) is 5.41 Å². The van der Waals surface area contributed by atoms with Crippen molar-refractivity contribution in [3.8, 4) is 44.5 Å². The van der Waals surface area contributed by atoms with Gasteiger partial charge in [0.1, 0.15) is 11.2 Å². The number of para-hydroxylation sites is 4. The Morgan fingerprint density at radius 3 is 1.54 bits per heavy atom. The molecule has 0 aliphatic heterocycles. The third-order valence-electron chi connectivity index (χ3n) is 16.4. The molecule has 15 aromatic rings. The predicted molar refractivity (Wildman–Crippen MR) is 317 cm³/mol. The minimum Gasteiger partial charge on any atom is -0.455 e. The van der Waals surface area contributed by atoms with Crippen LogP contribution in [0.25, 0.3) is 105 Å². The maximum absolute atomic E-state index is 6.53. The van der Waals surface area contributed by atoms with Gasteiger partial charge in [0.2, 0.25) is 0 Å². The van der Waals surface area contributed by atoms with Gasteiger partial charge in [-0.3, -0.25) is 0 Å². The van der Waals surface area contributed by atoms with Gasteiger partial charge in [-0.2, -0.15) is 0 Å². The van der Waals surface area contributed by atoms with Crippen LogP contribution < -0.4 is 4.90 Å². The molecule has 0 saturated carbocycles. The molecule has 0 saturated heterocycles. The third kappa shape index (κ3) is 6.17. The first-order valence-electron chi connectivity index (χ1n) is 26.2. The van der Waals surface area contributed by atoms with Gasteiger partial charge < -0.3 is 13.7 Å². The molecule has 0 fully saturated rings. The van der Waals surface area contributed by atoms with Gasteiger partial charge in [0.15, 0.2) is 0 Å². The number of furan rings is 1. The summed E-state index contributed by atoms with van der Waals surface area (Å²) in [6.07, 6.45) is 0. The summed E-state index contributed by atoms with van der Waals surface area (Å²) in [7, 11) is 0. The minimum atomic E-state index is -0.642. The number of aromatic nitrogens is 1. The zero-order valence-corrected chi connectivity index (χ0v) is 41.4. The molecule has 1 aliphatic carbocycles. The Hall–Kier alpha value is -9.96. The van der Waals surface area contributed by atoms with Crippen molar-refractivity contribution in [1.29, 1.82) is 0 Å². The molecule has 0 amide bonds. The van der Waals surface area contributed by atoms with Crippen molar-refractivity contribution in [2.24, 2.45) is 0 Å². The van der Waals surface area contributed by atoms with Gasteiger partial charge in [0.25, 0.3) is 0 Å². The van der Waals surface area contributed by atoms with Crippen LogP contribution in [0.2, 0.25) is 0 Å². The molecule has 76 heavy (non-hydrogen) atoms. The Kier molecular flexibility index (Phi) is 9.25. The van der Waals surface area contributed by atoms with Crippen LogP contribution in [0.3, 0.4) is 0 Å². The summed E-state index contributed by atoms with van der Waals surface area (Å²) in [5, 5.41) is 7.40. The summed E-state index contributed by atoms with van der Waals surface area (Å²) < 4.78 is 9.00. The first kappa shape index (κ1) is 42.5. The highest BCUT2D eigenvalue weighted by Crippen LogP contribution is 2.58. The number of hydrogen-bond acceptors (Lipinski definition) is 2. The van der Waals surface area contributed by atoms with Crippen LogP contribution in [-0.2, 0) is 5.41 Å².